The van der Waals surface area contributed by atoms with Crippen LogP contribution in [0.4, 0.5) is 0 Å². The first-order valence-electron chi connectivity index (χ1n) is 3.92. The molecule has 0 fully saturated rings. The van der Waals surface area contributed by atoms with Gasteiger partial charge in [0, 0.05) is 3.57 Å². The highest BCUT2D eigenvalue weighted by Crippen LogP contribution is 2.20. The van der Waals surface area contributed by atoms with Crippen molar-refractivity contribution in [3.05, 3.63) is 45.5 Å². The highest BCUT2D eigenvalue weighted by atomic mass is 127. The summed E-state index contributed by atoms with van der Waals surface area (Å²) in [6.07, 6.45) is 0. The molecule has 0 atom stereocenters. The molecule has 0 aromatic heterocycles. The summed E-state index contributed by atoms with van der Waals surface area (Å²) in [4.78, 5) is 0. The molecule has 2 aromatic rings. The highest BCUT2D eigenvalue weighted by Gasteiger charge is 1.95. The van der Waals surface area contributed by atoms with E-state index in [0.29, 0.717) is 0 Å². The molecule has 0 heterocycles. The minimum absolute atomic E-state index is 1.30. The Morgan fingerprint density at radius 1 is 1.08 bits per heavy atom. The van der Waals surface area contributed by atoms with E-state index in [1.54, 1.807) is 0 Å². The maximum Gasteiger partial charge on any atom is 0.0136 e. The van der Waals surface area contributed by atoms with E-state index in [1.165, 1.54) is 19.9 Å². The van der Waals surface area contributed by atoms with E-state index in [9.17, 15) is 0 Å². The van der Waals surface area contributed by atoms with E-state index < -0.39 is 0 Å². The largest absolute Gasteiger partial charge is 0.0614 e. The normalized spacial score (nSPS) is 10.5. The van der Waals surface area contributed by atoms with Gasteiger partial charge in [-0.05, 0) is 58.0 Å². The maximum atomic E-state index is 2.34. The Hall–Kier alpha value is -0.570. The van der Waals surface area contributed by atoms with Crippen molar-refractivity contribution in [3.63, 3.8) is 0 Å². The van der Waals surface area contributed by atoms with E-state index in [-0.39, 0.29) is 0 Å². The van der Waals surface area contributed by atoms with Gasteiger partial charge in [-0.25, -0.2) is 0 Å². The van der Waals surface area contributed by atoms with Crippen LogP contribution in [0.1, 0.15) is 5.56 Å². The van der Waals surface area contributed by atoms with Gasteiger partial charge in [0.15, 0.2) is 0 Å². The van der Waals surface area contributed by atoms with Gasteiger partial charge in [0.05, 0.1) is 0 Å². The van der Waals surface area contributed by atoms with E-state index in [4.69, 9.17) is 0 Å². The number of hydrogen-bond acceptors (Lipinski definition) is 0. The van der Waals surface area contributed by atoms with Crippen molar-refractivity contribution in [2.75, 3.05) is 0 Å². The van der Waals surface area contributed by atoms with Crippen LogP contribution in [0, 0.1) is 10.5 Å². The van der Waals surface area contributed by atoms with Gasteiger partial charge in [0.1, 0.15) is 0 Å². The Morgan fingerprint density at radius 3 is 2.75 bits per heavy atom. The molecule has 0 radical (unpaired) electrons. The summed E-state index contributed by atoms with van der Waals surface area (Å²) in [7, 11) is 0. The number of hydrogen-bond donors (Lipinski definition) is 0. The summed E-state index contributed by atoms with van der Waals surface area (Å²) in [6, 6.07) is 13.0. The van der Waals surface area contributed by atoms with Crippen LogP contribution in [-0.4, -0.2) is 0 Å². The average molecular weight is 268 g/mol. The first-order valence-corrected chi connectivity index (χ1v) is 5.00. The molecule has 0 N–H and O–H groups in total. The van der Waals surface area contributed by atoms with E-state index in [2.05, 4.69) is 65.9 Å². The fourth-order valence-corrected chi connectivity index (χ4v) is 1.93. The number of aryl methyl sites for hydroxylation is 1. The minimum Gasteiger partial charge on any atom is -0.0614 e. The molecule has 0 saturated carbocycles. The van der Waals surface area contributed by atoms with Crippen molar-refractivity contribution in [1.29, 1.82) is 0 Å². The molecule has 0 spiro atoms. The van der Waals surface area contributed by atoms with Crippen LogP contribution >= 0.6 is 22.6 Å². The van der Waals surface area contributed by atoms with Crippen molar-refractivity contribution in [3.8, 4) is 0 Å². The molecule has 12 heavy (non-hydrogen) atoms. The molecule has 0 unspecified atom stereocenters. The quantitative estimate of drug-likeness (QED) is 0.638. The number of halogens is 1. The van der Waals surface area contributed by atoms with Gasteiger partial charge in [-0.1, -0.05) is 24.3 Å². The van der Waals surface area contributed by atoms with Crippen molar-refractivity contribution >= 4 is 33.4 Å². The second-order valence-corrected chi connectivity index (χ2v) is 4.19. The first-order chi connectivity index (χ1) is 5.77. The summed E-state index contributed by atoms with van der Waals surface area (Å²) >= 11 is 2.34. The highest BCUT2D eigenvalue weighted by molar-refractivity contribution is 14.1. The van der Waals surface area contributed by atoms with Gasteiger partial charge in [-0.3, -0.25) is 0 Å². The van der Waals surface area contributed by atoms with E-state index in [0.717, 1.165) is 0 Å². The second-order valence-electron chi connectivity index (χ2n) is 2.94. The Labute approximate surface area is 85.7 Å². The third-order valence-corrected chi connectivity index (χ3v) is 2.73. The molecular weight excluding hydrogens is 259 g/mol. The monoisotopic (exact) mass is 268 g/mol. The van der Waals surface area contributed by atoms with Crippen LogP contribution in [0.15, 0.2) is 36.4 Å². The lowest BCUT2D eigenvalue weighted by Crippen LogP contribution is -1.78. The molecule has 0 aliphatic carbocycles. The van der Waals surface area contributed by atoms with Crippen LogP contribution in [0.5, 0.6) is 0 Å². The van der Waals surface area contributed by atoms with Gasteiger partial charge in [0.25, 0.3) is 0 Å². The van der Waals surface area contributed by atoms with Crippen molar-refractivity contribution in [1.82, 2.24) is 0 Å². The predicted octanol–water partition coefficient (Wildman–Crippen LogP) is 3.75. The van der Waals surface area contributed by atoms with E-state index >= 15 is 0 Å². The molecule has 2 rings (SSSR count). The maximum absolute atomic E-state index is 2.34. The van der Waals surface area contributed by atoms with Crippen molar-refractivity contribution in [2.24, 2.45) is 0 Å². The smallest absolute Gasteiger partial charge is 0.0136 e. The Morgan fingerprint density at radius 2 is 1.92 bits per heavy atom. The lowest BCUT2D eigenvalue weighted by atomic mass is 10.1. The van der Waals surface area contributed by atoms with Crippen LogP contribution in [0.3, 0.4) is 0 Å². The van der Waals surface area contributed by atoms with Gasteiger partial charge in [0.2, 0.25) is 0 Å². The topological polar surface area (TPSA) is 0 Å². The standard InChI is InChI=1S/C11H9I/c1-8-3-2-4-9-7-10(12)5-6-11(8)9/h2-7H,1H3. The fraction of sp³-hybridized carbons (Fsp3) is 0.0909. The van der Waals surface area contributed by atoms with Crippen LogP contribution in [0.25, 0.3) is 10.8 Å². The number of fused-ring (bicyclic) bond motifs is 1. The van der Waals surface area contributed by atoms with Gasteiger partial charge >= 0.3 is 0 Å². The van der Waals surface area contributed by atoms with Crippen molar-refractivity contribution < 1.29 is 0 Å². The average Bonchev–Trinajstić information content (AvgIpc) is 2.04. The van der Waals surface area contributed by atoms with Crippen molar-refractivity contribution in [2.45, 2.75) is 6.92 Å². The lowest BCUT2D eigenvalue weighted by molar-refractivity contribution is 1.53. The molecule has 60 valence electrons. The van der Waals surface area contributed by atoms with Gasteiger partial charge in [-0.2, -0.15) is 0 Å². The predicted molar refractivity (Wildman–Crippen MR) is 61.4 cm³/mol. The zero-order valence-corrected chi connectivity index (χ0v) is 9.00. The lowest BCUT2D eigenvalue weighted by Gasteiger charge is -2.01. The minimum atomic E-state index is 1.30. The summed E-state index contributed by atoms with van der Waals surface area (Å²) in [5, 5.41) is 2.69. The Balaban J connectivity index is 2.86. The van der Waals surface area contributed by atoms with Crippen LogP contribution in [-0.2, 0) is 0 Å². The van der Waals surface area contributed by atoms with Crippen LogP contribution < -0.4 is 0 Å². The molecular formula is C11H9I. The molecule has 0 bridgehead atoms. The SMILES string of the molecule is Cc1cccc2cc(I)ccc12. The summed E-state index contributed by atoms with van der Waals surface area (Å²) in [5.74, 6) is 0. The molecule has 0 aliphatic rings. The zero-order chi connectivity index (χ0) is 8.55. The molecule has 2 aromatic carbocycles. The summed E-state index contributed by atoms with van der Waals surface area (Å²) in [5.41, 5.74) is 1.35. The van der Waals surface area contributed by atoms with Crippen LogP contribution in [0.2, 0.25) is 0 Å². The number of rotatable bonds is 0. The fourth-order valence-electron chi connectivity index (χ4n) is 1.42. The summed E-state index contributed by atoms with van der Waals surface area (Å²) < 4.78 is 1.30. The third-order valence-electron chi connectivity index (χ3n) is 2.06. The molecule has 0 amide bonds. The van der Waals surface area contributed by atoms with Gasteiger partial charge in [-0.15, -0.1) is 0 Å². The zero-order valence-electron chi connectivity index (χ0n) is 6.84. The Kier molecular flexibility index (Phi) is 2.05. The Bertz CT molecular complexity index is 418. The molecule has 0 saturated heterocycles. The molecule has 0 nitrogen and oxygen atoms in total. The molecule has 1 heteroatoms. The first kappa shape index (κ1) is 8.05. The number of benzene rings is 2. The third kappa shape index (κ3) is 1.33. The second kappa shape index (κ2) is 3.05. The van der Waals surface area contributed by atoms with E-state index in [1.807, 2.05) is 0 Å². The molecule has 0 aliphatic heterocycles. The summed E-state index contributed by atoms with van der Waals surface area (Å²) in [6.45, 7) is 2.15. The van der Waals surface area contributed by atoms with Gasteiger partial charge < -0.3 is 0 Å².